The van der Waals surface area contributed by atoms with Gasteiger partial charge in [-0.15, -0.1) is 0 Å². The quantitative estimate of drug-likeness (QED) is 0.172. The summed E-state index contributed by atoms with van der Waals surface area (Å²) >= 11 is 0. The van der Waals surface area contributed by atoms with E-state index in [9.17, 15) is 14.4 Å². The van der Waals surface area contributed by atoms with Gasteiger partial charge in [-0.25, -0.2) is 0 Å². The SMILES string of the molecule is C[C@H](c1ccccc1)N(CC(N)=O)C(=O)CN(CC1CCCCC1)C(=O)CNCCCN=C(N)N. The van der Waals surface area contributed by atoms with Gasteiger partial charge in [0.05, 0.1) is 25.7 Å². The highest BCUT2D eigenvalue weighted by molar-refractivity contribution is 5.88. The van der Waals surface area contributed by atoms with Crippen molar-refractivity contribution in [3.8, 4) is 0 Å². The third-order valence-corrected chi connectivity index (χ3v) is 6.36. The number of hydrogen-bond donors (Lipinski definition) is 4. The number of benzene rings is 1. The van der Waals surface area contributed by atoms with Crippen molar-refractivity contribution < 1.29 is 14.4 Å². The van der Waals surface area contributed by atoms with Crippen LogP contribution in [0.4, 0.5) is 0 Å². The molecule has 0 aliphatic heterocycles. The van der Waals surface area contributed by atoms with Crippen LogP contribution in [0.2, 0.25) is 0 Å². The normalized spacial score (nSPS) is 14.7. The zero-order valence-corrected chi connectivity index (χ0v) is 20.8. The summed E-state index contributed by atoms with van der Waals surface area (Å²) in [5.74, 6) is -0.607. The Bertz CT molecular complexity index is 837. The average Bonchev–Trinajstić information content (AvgIpc) is 2.84. The molecule has 1 saturated carbocycles. The number of guanidine groups is 1. The van der Waals surface area contributed by atoms with Gasteiger partial charge in [0.1, 0.15) is 0 Å². The first-order valence-electron chi connectivity index (χ1n) is 12.4. The molecule has 35 heavy (non-hydrogen) atoms. The molecule has 1 aromatic carbocycles. The topological polar surface area (TPSA) is 160 Å². The van der Waals surface area contributed by atoms with E-state index in [0.717, 1.165) is 31.2 Å². The maximum absolute atomic E-state index is 13.4. The van der Waals surface area contributed by atoms with Crippen molar-refractivity contribution in [2.75, 3.05) is 39.3 Å². The van der Waals surface area contributed by atoms with Crippen molar-refractivity contribution in [1.82, 2.24) is 15.1 Å². The summed E-state index contributed by atoms with van der Waals surface area (Å²) < 4.78 is 0. The van der Waals surface area contributed by atoms with Gasteiger partial charge in [0.25, 0.3) is 0 Å². The zero-order chi connectivity index (χ0) is 25.6. The van der Waals surface area contributed by atoms with E-state index < -0.39 is 5.91 Å². The average molecular weight is 488 g/mol. The van der Waals surface area contributed by atoms with Crippen LogP contribution < -0.4 is 22.5 Å². The number of hydrogen-bond acceptors (Lipinski definition) is 5. The van der Waals surface area contributed by atoms with Crippen molar-refractivity contribution in [2.45, 2.75) is 51.5 Å². The van der Waals surface area contributed by atoms with E-state index in [2.05, 4.69) is 10.3 Å². The fourth-order valence-corrected chi connectivity index (χ4v) is 4.43. The van der Waals surface area contributed by atoms with E-state index in [1.54, 1.807) is 4.90 Å². The number of amides is 3. The van der Waals surface area contributed by atoms with E-state index in [1.807, 2.05) is 37.3 Å². The summed E-state index contributed by atoms with van der Waals surface area (Å²) in [6.07, 6.45) is 6.28. The molecule has 1 fully saturated rings. The Hall–Kier alpha value is -3.14. The van der Waals surface area contributed by atoms with Crippen LogP contribution in [0, 0.1) is 5.92 Å². The molecule has 0 heterocycles. The predicted molar refractivity (Wildman–Crippen MR) is 137 cm³/mol. The molecule has 1 atom stereocenters. The lowest BCUT2D eigenvalue weighted by atomic mass is 9.89. The maximum Gasteiger partial charge on any atom is 0.243 e. The lowest BCUT2D eigenvalue weighted by molar-refractivity contribution is -0.143. The van der Waals surface area contributed by atoms with Gasteiger partial charge in [0.15, 0.2) is 5.96 Å². The first kappa shape index (κ1) is 28.1. The Balaban J connectivity index is 2.06. The van der Waals surface area contributed by atoms with Gasteiger partial charge < -0.3 is 32.3 Å². The highest BCUT2D eigenvalue weighted by atomic mass is 16.2. The van der Waals surface area contributed by atoms with Gasteiger partial charge >= 0.3 is 0 Å². The number of carbonyl (C=O) groups excluding carboxylic acids is 3. The maximum atomic E-state index is 13.4. The molecular formula is C25H41N7O3. The lowest BCUT2D eigenvalue weighted by Gasteiger charge is -2.33. The minimum absolute atomic E-state index is 0.0449. The Morgan fingerprint density at radius 2 is 1.71 bits per heavy atom. The predicted octanol–water partition coefficient (Wildman–Crippen LogP) is 0.724. The summed E-state index contributed by atoms with van der Waals surface area (Å²) in [4.78, 5) is 45.3. The van der Waals surface area contributed by atoms with Crippen LogP contribution in [0.1, 0.15) is 57.1 Å². The number of nitrogens with zero attached hydrogens (tertiary/aromatic N) is 3. The number of rotatable bonds is 14. The number of nitrogens with one attached hydrogen (secondary N) is 1. The largest absolute Gasteiger partial charge is 0.370 e. The van der Waals surface area contributed by atoms with Gasteiger partial charge in [-0.2, -0.15) is 0 Å². The molecule has 7 N–H and O–H groups in total. The fraction of sp³-hybridized carbons (Fsp3) is 0.600. The molecular weight excluding hydrogens is 446 g/mol. The number of carbonyl (C=O) groups is 3. The van der Waals surface area contributed by atoms with Gasteiger partial charge in [-0.3, -0.25) is 19.4 Å². The molecule has 0 spiro atoms. The van der Waals surface area contributed by atoms with Gasteiger partial charge in [0, 0.05) is 13.1 Å². The molecule has 1 aliphatic rings. The standard InChI is InChI=1S/C25H41N7O3/c1-19(21-11-6-3-7-12-21)32(17-22(26)33)24(35)18-31(16-20-9-4-2-5-10-20)23(34)15-29-13-8-14-30-25(27)28/h3,6-7,11-12,19-20,29H,2,4-5,8-10,13-18H2,1H3,(H2,26,33)(H4,27,28,30)/t19-/m1/s1. The van der Waals surface area contributed by atoms with Crippen molar-refractivity contribution in [2.24, 2.45) is 28.1 Å². The monoisotopic (exact) mass is 487 g/mol. The highest BCUT2D eigenvalue weighted by Gasteiger charge is 2.28. The molecule has 10 nitrogen and oxygen atoms in total. The fourth-order valence-electron chi connectivity index (χ4n) is 4.43. The van der Waals surface area contributed by atoms with Crippen molar-refractivity contribution in [3.05, 3.63) is 35.9 Å². The lowest BCUT2D eigenvalue weighted by Crippen LogP contribution is -2.49. The summed E-state index contributed by atoms with van der Waals surface area (Å²) in [5, 5.41) is 3.12. The Morgan fingerprint density at radius 1 is 1.03 bits per heavy atom. The van der Waals surface area contributed by atoms with E-state index in [1.165, 1.54) is 11.3 Å². The number of nitrogens with two attached hydrogens (primary N) is 3. The minimum atomic E-state index is -0.589. The van der Waals surface area contributed by atoms with Crippen LogP contribution in [0.5, 0.6) is 0 Å². The zero-order valence-electron chi connectivity index (χ0n) is 20.8. The summed E-state index contributed by atoms with van der Waals surface area (Å²) in [6, 6.07) is 9.13. The van der Waals surface area contributed by atoms with Gasteiger partial charge in [0.2, 0.25) is 17.7 Å². The van der Waals surface area contributed by atoms with Crippen LogP contribution >= 0.6 is 0 Å². The smallest absolute Gasteiger partial charge is 0.243 e. The molecule has 0 aromatic heterocycles. The van der Waals surface area contributed by atoms with Crippen LogP contribution in [-0.2, 0) is 14.4 Å². The molecule has 2 rings (SSSR count). The van der Waals surface area contributed by atoms with E-state index in [0.29, 0.717) is 32.0 Å². The van der Waals surface area contributed by atoms with E-state index >= 15 is 0 Å². The number of aliphatic imine (C=N–C) groups is 1. The minimum Gasteiger partial charge on any atom is -0.370 e. The number of primary amides is 1. The third-order valence-electron chi connectivity index (χ3n) is 6.36. The van der Waals surface area contributed by atoms with Crippen LogP contribution in [-0.4, -0.2) is 72.7 Å². The summed E-state index contributed by atoms with van der Waals surface area (Å²) in [6.45, 7) is 3.27. The first-order chi connectivity index (χ1) is 16.8. The van der Waals surface area contributed by atoms with Crippen LogP contribution in [0.3, 0.4) is 0 Å². The van der Waals surface area contributed by atoms with E-state index in [4.69, 9.17) is 17.2 Å². The molecule has 3 amide bonds. The van der Waals surface area contributed by atoms with E-state index in [-0.39, 0.29) is 43.5 Å². The van der Waals surface area contributed by atoms with Crippen LogP contribution in [0.25, 0.3) is 0 Å². The second-order valence-electron chi connectivity index (χ2n) is 9.19. The first-order valence-corrected chi connectivity index (χ1v) is 12.4. The molecule has 0 bridgehead atoms. The molecule has 0 unspecified atom stereocenters. The third kappa shape index (κ3) is 10.3. The Labute approximate surface area is 208 Å². The molecule has 10 heteroatoms. The van der Waals surface area contributed by atoms with Gasteiger partial charge in [-0.1, -0.05) is 49.6 Å². The second-order valence-corrected chi connectivity index (χ2v) is 9.19. The second kappa shape index (κ2) is 15.0. The molecule has 194 valence electrons. The molecule has 1 aliphatic carbocycles. The summed E-state index contributed by atoms with van der Waals surface area (Å²) in [7, 11) is 0. The van der Waals surface area contributed by atoms with Crippen molar-refractivity contribution in [3.63, 3.8) is 0 Å². The Morgan fingerprint density at radius 3 is 2.34 bits per heavy atom. The Kier molecular flexibility index (Phi) is 12.0. The molecule has 0 radical (unpaired) electrons. The molecule has 1 aromatic rings. The van der Waals surface area contributed by atoms with Crippen LogP contribution in [0.15, 0.2) is 35.3 Å². The van der Waals surface area contributed by atoms with Gasteiger partial charge in [-0.05, 0) is 44.2 Å². The highest BCUT2D eigenvalue weighted by Crippen LogP contribution is 2.25. The summed E-state index contributed by atoms with van der Waals surface area (Å²) in [5.41, 5.74) is 17.0. The van der Waals surface area contributed by atoms with Crippen molar-refractivity contribution >= 4 is 23.7 Å². The molecule has 0 saturated heterocycles. The van der Waals surface area contributed by atoms with Crippen molar-refractivity contribution in [1.29, 1.82) is 0 Å².